The zero-order chi connectivity index (χ0) is 14.0. The molecule has 0 radical (unpaired) electrons. The number of halogens is 2. The number of carbonyl (C=O) groups is 1. The predicted octanol–water partition coefficient (Wildman–Crippen LogP) is 2.91. The molecule has 0 aromatic heterocycles. The Morgan fingerprint density at radius 3 is 2.53 bits per heavy atom. The molecule has 19 heavy (non-hydrogen) atoms. The molecule has 0 bridgehead atoms. The van der Waals surface area contributed by atoms with Crippen molar-refractivity contribution in [2.75, 3.05) is 13.1 Å². The van der Waals surface area contributed by atoms with Crippen LogP contribution in [0.25, 0.3) is 0 Å². The summed E-state index contributed by atoms with van der Waals surface area (Å²) >= 11 is 11.8. The summed E-state index contributed by atoms with van der Waals surface area (Å²) in [6, 6.07) is 5.24. The minimum Gasteiger partial charge on any atom is -0.390 e. The number of amides is 1. The maximum Gasteiger partial charge on any atom is 0.226 e. The molecule has 0 saturated carbocycles. The second-order valence-corrected chi connectivity index (χ2v) is 6.12. The summed E-state index contributed by atoms with van der Waals surface area (Å²) in [7, 11) is 0. The van der Waals surface area contributed by atoms with Gasteiger partial charge in [0.1, 0.15) is 0 Å². The Morgan fingerprint density at radius 1 is 1.32 bits per heavy atom. The number of likely N-dealkylation sites (tertiary alicyclic amines) is 1. The molecule has 0 unspecified atom stereocenters. The SMILES string of the molecule is CC1(O)CCN(C(=O)Cc2ccc(Cl)c(Cl)c2)CC1. The summed E-state index contributed by atoms with van der Waals surface area (Å²) < 4.78 is 0. The molecule has 1 aromatic carbocycles. The number of carbonyl (C=O) groups excluding carboxylic acids is 1. The maximum atomic E-state index is 12.1. The molecule has 1 amide bonds. The van der Waals surface area contributed by atoms with Gasteiger partial charge in [0.25, 0.3) is 0 Å². The van der Waals surface area contributed by atoms with Crippen LogP contribution in [0.1, 0.15) is 25.3 Å². The van der Waals surface area contributed by atoms with E-state index in [0.29, 0.717) is 42.4 Å². The van der Waals surface area contributed by atoms with Gasteiger partial charge in [0, 0.05) is 13.1 Å². The molecular weight excluding hydrogens is 285 g/mol. The molecule has 1 saturated heterocycles. The first-order chi connectivity index (χ1) is 8.87. The van der Waals surface area contributed by atoms with E-state index in [2.05, 4.69) is 0 Å². The van der Waals surface area contributed by atoms with Crippen LogP contribution in [-0.4, -0.2) is 34.6 Å². The van der Waals surface area contributed by atoms with Crippen LogP contribution in [0, 0.1) is 0 Å². The van der Waals surface area contributed by atoms with E-state index in [-0.39, 0.29) is 5.91 Å². The van der Waals surface area contributed by atoms with E-state index in [9.17, 15) is 9.90 Å². The van der Waals surface area contributed by atoms with Gasteiger partial charge in [-0.1, -0.05) is 29.3 Å². The molecule has 1 aliphatic rings. The summed E-state index contributed by atoms with van der Waals surface area (Å²) in [6.07, 6.45) is 1.57. The Balaban J connectivity index is 1.96. The van der Waals surface area contributed by atoms with Crippen LogP contribution in [0.5, 0.6) is 0 Å². The van der Waals surface area contributed by atoms with Crippen molar-refractivity contribution in [1.82, 2.24) is 4.90 Å². The van der Waals surface area contributed by atoms with Crippen molar-refractivity contribution in [1.29, 1.82) is 0 Å². The lowest BCUT2D eigenvalue weighted by molar-refractivity contribution is -0.134. The highest BCUT2D eigenvalue weighted by atomic mass is 35.5. The summed E-state index contributed by atoms with van der Waals surface area (Å²) in [5.41, 5.74) is 0.220. The minimum absolute atomic E-state index is 0.0638. The van der Waals surface area contributed by atoms with Crippen molar-refractivity contribution in [2.24, 2.45) is 0 Å². The first-order valence-electron chi connectivity index (χ1n) is 6.31. The number of benzene rings is 1. The van der Waals surface area contributed by atoms with Crippen LogP contribution in [0.15, 0.2) is 18.2 Å². The van der Waals surface area contributed by atoms with Crippen molar-refractivity contribution >= 4 is 29.1 Å². The molecule has 0 spiro atoms. The molecule has 1 heterocycles. The molecule has 0 atom stereocenters. The fourth-order valence-corrected chi connectivity index (χ4v) is 2.49. The first-order valence-corrected chi connectivity index (χ1v) is 7.07. The highest BCUT2D eigenvalue weighted by Gasteiger charge is 2.29. The van der Waals surface area contributed by atoms with Gasteiger partial charge in [0.05, 0.1) is 22.1 Å². The number of rotatable bonds is 2. The van der Waals surface area contributed by atoms with Gasteiger partial charge < -0.3 is 10.0 Å². The number of piperidine rings is 1. The molecule has 1 fully saturated rings. The van der Waals surface area contributed by atoms with E-state index in [1.165, 1.54) is 0 Å². The van der Waals surface area contributed by atoms with Crippen LogP contribution >= 0.6 is 23.2 Å². The molecule has 3 nitrogen and oxygen atoms in total. The predicted molar refractivity (Wildman–Crippen MR) is 76.6 cm³/mol. The zero-order valence-corrected chi connectivity index (χ0v) is 12.3. The number of nitrogens with zero attached hydrogens (tertiary/aromatic N) is 1. The van der Waals surface area contributed by atoms with Gasteiger partial charge in [-0.25, -0.2) is 0 Å². The zero-order valence-electron chi connectivity index (χ0n) is 10.8. The van der Waals surface area contributed by atoms with Gasteiger partial charge in [0.2, 0.25) is 5.91 Å². The average Bonchev–Trinajstić information content (AvgIpc) is 2.33. The topological polar surface area (TPSA) is 40.5 Å². The molecule has 104 valence electrons. The summed E-state index contributed by atoms with van der Waals surface area (Å²) in [4.78, 5) is 13.9. The Hall–Kier alpha value is -0.770. The fourth-order valence-electron chi connectivity index (χ4n) is 2.17. The third-order valence-electron chi connectivity index (χ3n) is 3.53. The third kappa shape index (κ3) is 3.85. The summed E-state index contributed by atoms with van der Waals surface area (Å²) in [5.74, 6) is 0.0638. The normalized spacial score (nSPS) is 18.4. The van der Waals surface area contributed by atoms with Crippen molar-refractivity contribution in [3.63, 3.8) is 0 Å². The van der Waals surface area contributed by atoms with Crippen LogP contribution < -0.4 is 0 Å². The Labute approximate surface area is 123 Å². The molecule has 0 aliphatic carbocycles. The minimum atomic E-state index is -0.639. The number of hydrogen-bond donors (Lipinski definition) is 1. The van der Waals surface area contributed by atoms with Gasteiger partial charge in [-0.15, -0.1) is 0 Å². The molecule has 1 N–H and O–H groups in total. The Morgan fingerprint density at radius 2 is 1.95 bits per heavy atom. The van der Waals surface area contributed by atoms with Crippen molar-refractivity contribution in [3.05, 3.63) is 33.8 Å². The second kappa shape index (κ2) is 5.70. The standard InChI is InChI=1S/C14H17Cl2NO2/c1-14(19)4-6-17(7-5-14)13(18)9-10-2-3-11(15)12(16)8-10/h2-3,8,19H,4-7,9H2,1H3. The smallest absolute Gasteiger partial charge is 0.226 e. The monoisotopic (exact) mass is 301 g/mol. The van der Waals surface area contributed by atoms with Gasteiger partial charge in [-0.3, -0.25) is 4.79 Å². The van der Waals surface area contributed by atoms with Gasteiger partial charge in [0.15, 0.2) is 0 Å². The van der Waals surface area contributed by atoms with Gasteiger partial charge in [-0.05, 0) is 37.5 Å². The molecular formula is C14H17Cl2NO2. The second-order valence-electron chi connectivity index (χ2n) is 5.30. The van der Waals surface area contributed by atoms with E-state index in [0.717, 1.165) is 5.56 Å². The number of aliphatic hydroxyl groups is 1. The highest BCUT2D eigenvalue weighted by Crippen LogP contribution is 2.24. The molecule has 5 heteroatoms. The van der Waals surface area contributed by atoms with Crippen LogP contribution in [0.4, 0.5) is 0 Å². The van der Waals surface area contributed by atoms with Crippen molar-refractivity contribution in [2.45, 2.75) is 31.8 Å². The summed E-state index contributed by atoms with van der Waals surface area (Å²) in [5, 5.41) is 10.8. The van der Waals surface area contributed by atoms with E-state index >= 15 is 0 Å². The highest BCUT2D eigenvalue weighted by molar-refractivity contribution is 6.42. The van der Waals surface area contributed by atoms with E-state index in [1.807, 2.05) is 13.0 Å². The maximum absolute atomic E-state index is 12.1. The summed E-state index contributed by atoms with van der Waals surface area (Å²) in [6.45, 7) is 3.02. The van der Waals surface area contributed by atoms with Crippen molar-refractivity contribution < 1.29 is 9.90 Å². The molecule has 2 rings (SSSR count). The number of hydrogen-bond acceptors (Lipinski definition) is 2. The van der Waals surface area contributed by atoms with Crippen LogP contribution in [0.3, 0.4) is 0 Å². The lowest BCUT2D eigenvalue weighted by atomic mass is 9.93. The van der Waals surface area contributed by atoms with Gasteiger partial charge >= 0.3 is 0 Å². The van der Waals surface area contributed by atoms with Crippen LogP contribution in [-0.2, 0) is 11.2 Å². The third-order valence-corrected chi connectivity index (χ3v) is 4.27. The fraction of sp³-hybridized carbons (Fsp3) is 0.500. The van der Waals surface area contributed by atoms with E-state index in [4.69, 9.17) is 23.2 Å². The quantitative estimate of drug-likeness (QED) is 0.912. The van der Waals surface area contributed by atoms with Crippen molar-refractivity contribution in [3.8, 4) is 0 Å². The van der Waals surface area contributed by atoms with E-state index in [1.54, 1.807) is 17.0 Å². The lowest BCUT2D eigenvalue weighted by Gasteiger charge is -2.35. The Bertz CT molecular complexity index is 478. The van der Waals surface area contributed by atoms with E-state index < -0.39 is 5.60 Å². The molecule has 1 aliphatic heterocycles. The first kappa shape index (κ1) is 14.6. The average molecular weight is 302 g/mol. The Kier molecular flexibility index (Phi) is 4.39. The van der Waals surface area contributed by atoms with Crippen LogP contribution in [0.2, 0.25) is 10.0 Å². The lowest BCUT2D eigenvalue weighted by Crippen LogP contribution is -2.45. The van der Waals surface area contributed by atoms with Gasteiger partial charge in [-0.2, -0.15) is 0 Å². The largest absolute Gasteiger partial charge is 0.390 e. The molecule has 1 aromatic rings.